The van der Waals surface area contributed by atoms with Gasteiger partial charge in [-0.15, -0.1) is 0 Å². The highest BCUT2D eigenvalue weighted by Crippen LogP contribution is 2.29. The molecule has 0 bridgehead atoms. The van der Waals surface area contributed by atoms with Crippen LogP contribution in [0.5, 0.6) is 5.75 Å². The van der Waals surface area contributed by atoms with Gasteiger partial charge in [-0.05, 0) is 32.0 Å². The van der Waals surface area contributed by atoms with E-state index in [2.05, 4.69) is 24.8 Å². The monoisotopic (exact) mass is 306 g/mol. The van der Waals surface area contributed by atoms with Gasteiger partial charge in [0.05, 0.1) is 11.6 Å². The average Bonchev–Trinajstić information content (AvgIpc) is 2.44. The van der Waals surface area contributed by atoms with Crippen molar-refractivity contribution in [3.63, 3.8) is 0 Å². The van der Waals surface area contributed by atoms with Crippen LogP contribution in [-0.2, 0) is 0 Å². The molecule has 5 heteroatoms. The zero-order chi connectivity index (χ0) is 15.3. The maximum absolute atomic E-state index is 10.1. The third-order valence-electron chi connectivity index (χ3n) is 3.38. The van der Waals surface area contributed by atoms with Gasteiger partial charge in [-0.1, -0.05) is 6.07 Å². The number of benzene rings is 1. The number of β-amino-alcohol motifs (C(OH)–C–C–N with tert-alkyl or cyclic N) is 1. The number of ether oxygens (including phenoxy) is 1. The number of aliphatic hydroxyl groups is 1. The first-order valence-electron chi connectivity index (χ1n) is 7.16. The van der Waals surface area contributed by atoms with E-state index < -0.39 is 6.10 Å². The maximum Gasteiger partial charge on any atom is 0.120 e. The topological polar surface area (TPSA) is 56.5 Å². The van der Waals surface area contributed by atoms with Gasteiger partial charge in [0, 0.05) is 30.1 Å². The van der Waals surface area contributed by atoms with Crippen molar-refractivity contribution in [2.75, 3.05) is 32.0 Å². The average molecular weight is 306 g/mol. The number of rotatable bonds is 5. The number of nitriles is 1. The molecule has 0 amide bonds. The van der Waals surface area contributed by atoms with Crippen molar-refractivity contribution in [1.82, 2.24) is 4.90 Å². The third-order valence-corrected chi connectivity index (χ3v) is 4.68. The second-order valence-corrected chi connectivity index (χ2v) is 7.75. The van der Waals surface area contributed by atoms with Gasteiger partial charge in [0.25, 0.3) is 0 Å². The summed E-state index contributed by atoms with van der Waals surface area (Å²) < 4.78 is 5.82. The van der Waals surface area contributed by atoms with Gasteiger partial charge in [-0.3, -0.25) is 4.90 Å². The summed E-state index contributed by atoms with van der Waals surface area (Å²) in [6, 6.07) is 9.08. The minimum Gasteiger partial charge on any atom is -0.491 e. The summed E-state index contributed by atoms with van der Waals surface area (Å²) in [5.74, 6) is 1.73. The molecule has 21 heavy (non-hydrogen) atoms. The van der Waals surface area contributed by atoms with Gasteiger partial charge in [0.2, 0.25) is 0 Å². The minimum absolute atomic E-state index is 0.249. The summed E-state index contributed by atoms with van der Waals surface area (Å²) in [6.07, 6.45) is -0.519. The van der Waals surface area contributed by atoms with Crippen LogP contribution < -0.4 is 4.74 Å². The Morgan fingerprint density at radius 2 is 2.33 bits per heavy atom. The normalized spacial score (nSPS) is 19.7. The first-order chi connectivity index (χ1) is 9.98. The minimum atomic E-state index is -0.519. The molecule has 1 aliphatic heterocycles. The largest absolute Gasteiger partial charge is 0.491 e. The maximum atomic E-state index is 10.1. The summed E-state index contributed by atoms with van der Waals surface area (Å²) in [7, 11) is 0. The summed E-state index contributed by atoms with van der Waals surface area (Å²) in [5.41, 5.74) is 0.566. The van der Waals surface area contributed by atoms with E-state index in [-0.39, 0.29) is 11.4 Å². The lowest BCUT2D eigenvalue weighted by atomic mass is 10.1. The molecule has 0 radical (unpaired) electrons. The first kappa shape index (κ1) is 16.2. The van der Waals surface area contributed by atoms with E-state index in [1.54, 1.807) is 24.3 Å². The third kappa shape index (κ3) is 5.24. The van der Waals surface area contributed by atoms with Gasteiger partial charge in [0.15, 0.2) is 0 Å². The standard InChI is InChI=1S/C16H22N2O2S/c1-16(2)12-18(6-7-21-16)10-14(19)11-20-15-5-3-4-13(8-15)9-17/h3-5,8,14,19H,6-7,10-12H2,1-2H3. The Balaban J connectivity index is 1.79. The van der Waals surface area contributed by atoms with Crippen LogP contribution in [0, 0.1) is 11.3 Å². The molecule has 1 aromatic carbocycles. The fourth-order valence-electron chi connectivity index (χ4n) is 2.47. The van der Waals surface area contributed by atoms with Gasteiger partial charge < -0.3 is 9.84 Å². The molecule has 1 saturated heterocycles. The fourth-order valence-corrected chi connectivity index (χ4v) is 3.64. The predicted octanol–water partition coefficient (Wildman–Crippen LogP) is 2.13. The number of thioether (sulfide) groups is 1. The molecule has 1 fully saturated rings. The van der Waals surface area contributed by atoms with Crippen molar-refractivity contribution in [1.29, 1.82) is 5.26 Å². The van der Waals surface area contributed by atoms with Crippen LogP contribution in [-0.4, -0.2) is 52.9 Å². The Bertz CT molecular complexity index is 513. The quantitative estimate of drug-likeness (QED) is 0.903. The Morgan fingerprint density at radius 1 is 1.52 bits per heavy atom. The number of nitrogens with zero attached hydrogens (tertiary/aromatic N) is 2. The van der Waals surface area contributed by atoms with Crippen molar-refractivity contribution in [3.05, 3.63) is 29.8 Å². The van der Waals surface area contributed by atoms with E-state index in [4.69, 9.17) is 10.00 Å². The van der Waals surface area contributed by atoms with Crippen molar-refractivity contribution in [3.8, 4) is 11.8 Å². The Labute approximate surface area is 130 Å². The zero-order valence-electron chi connectivity index (χ0n) is 12.6. The van der Waals surface area contributed by atoms with Crippen molar-refractivity contribution in [2.24, 2.45) is 0 Å². The second kappa shape index (κ2) is 7.17. The Kier molecular flexibility index (Phi) is 5.51. The summed E-state index contributed by atoms with van der Waals surface area (Å²) in [4.78, 5) is 2.29. The van der Waals surface area contributed by atoms with Crippen LogP contribution >= 0.6 is 11.8 Å². The molecule has 1 atom stereocenters. The molecule has 1 heterocycles. The van der Waals surface area contributed by atoms with Gasteiger partial charge in [0.1, 0.15) is 18.5 Å². The summed E-state index contributed by atoms with van der Waals surface area (Å²) in [5, 5.41) is 19.0. The lowest BCUT2D eigenvalue weighted by Crippen LogP contribution is -2.47. The second-order valence-electron chi connectivity index (χ2n) is 5.95. The molecule has 1 N–H and O–H groups in total. The smallest absolute Gasteiger partial charge is 0.120 e. The Hall–Kier alpha value is -1.22. The van der Waals surface area contributed by atoms with Crippen molar-refractivity contribution >= 4 is 11.8 Å². The highest BCUT2D eigenvalue weighted by atomic mass is 32.2. The van der Waals surface area contributed by atoms with E-state index in [9.17, 15) is 5.11 Å². The summed E-state index contributed by atoms with van der Waals surface area (Å²) >= 11 is 1.98. The van der Waals surface area contributed by atoms with E-state index >= 15 is 0 Å². The zero-order valence-corrected chi connectivity index (χ0v) is 13.4. The van der Waals surface area contributed by atoms with E-state index in [1.807, 2.05) is 11.8 Å². The molecule has 2 rings (SSSR count). The van der Waals surface area contributed by atoms with Crippen molar-refractivity contribution in [2.45, 2.75) is 24.7 Å². The number of hydrogen-bond donors (Lipinski definition) is 1. The van der Waals surface area contributed by atoms with E-state index in [0.29, 0.717) is 17.9 Å². The number of hydrogen-bond acceptors (Lipinski definition) is 5. The molecule has 1 unspecified atom stereocenters. The highest BCUT2D eigenvalue weighted by molar-refractivity contribution is 8.00. The van der Waals surface area contributed by atoms with Crippen LogP contribution in [0.25, 0.3) is 0 Å². The molecule has 1 aliphatic rings. The molecule has 114 valence electrons. The lowest BCUT2D eigenvalue weighted by Gasteiger charge is -2.38. The number of aliphatic hydroxyl groups excluding tert-OH is 1. The molecule has 4 nitrogen and oxygen atoms in total. The molecular weight excluding hydrogens is 284 g/mol. The molecule has 0 aliphatic carbocycles. The first-order valence-corrected chi connectivity index (χ1v) is 8.14. The van der Waals surface area contributed by atoms with Crippen LogP contribution in [0.1, 0.15) is 19.4 Å². The predicted molar refractivity (Wildman–Crippen MR) is 85.6 cm³/mol. The SMILES string of the molecule is CC1(C)CN(CC(O)COc2cccc(C#N)c2)CCS1. The van der Waals surface area contributed by atoms with Crippen LogP contribution in [0.2, 0.25) is 0 Å². The highest BCUT2D eigenvalue weighted by Gasteiger charge is 2.27. The van der Waals surface area contributed by atoms with Gasteiger partial charge in [-0.2, -0.15) is 17.0 Å². The fraction of sp³-hybridized carbons (Fsp3) is 0.562. The Morgan fingerprint density at radius 3 is 3.05 bits per heavy atom. The van der Waals surface area contributed by atoms with Crippen LogP contribution in [0.4, 0.5) is 0 Å². The van der Waals surface area contributed by atoms with Gasteiger partial charge in [-0.25, -0.2) is 0 Å². The van der Waals surface area contributed by atoms with Crippen LogP contribution in [0.3, 0.4) is 0 Å². The molecule has 0 spiro atoms. The van der Waals surface area contributed by atoms with Crippen molar-refractivity contribution < 1.29 is 9.84 Å². The summed E-state index contributed by atoms with van der Waals surface area (Å²) in [6.45, 7) is 7.34. The lowest BCUT2D eigenvalue weighted by molar-refractivity contribution is 0.0667. The molecule has 1 aromatic rings. The van der Waals surface area contributed by atoms with E-state index in [0.717, 1.165) is 18.8 Å². The molecule has 0 saturated carbocycles. The van der Waals surface area contributed by atoms with Gasteiger partial charge >= 0.3 is 0 Å². The van der Waals surface area contributed by atoms with E-state index in [1.165, 1.54) is 0 Å². The molecular formula is C16H22N2O2S. The molecule has 0 aromatic heterocycles. The van der Waals surface area contributed by atoms with Crippen LogP contribution in [0.15, 0.2) is 24.3 Å².